The van der Waals surface area contributed by atoms with Gasteiger partial charge in [-0.2, -0.15) is 0 Å². The number of methoxy groups -OCH3 is 3. The molecule has 126 valence electrons. The molecule has 4 aliphatic rings. The topological polar surface area (TPSA) is 61.8 Å². The van der Waals surface area contributed by atoms with Crippen LogP contribution in [0.4, 0.5) is 0 Å². The number of hydrogen-bond acceptors (Lipinski definition) is 5. The molecule has 0 amide bonds. The van der Waals surface area contributed by atoms with E-state index in [1.807, 2.05) is 6.08 Å². The molecule has 0 aliphatic heterocycles. The van der Waals surface area contributed by atoms with Gasteiger partial charge in [0.2, 0.25) is 11.6 Å². The third-order valence-corrected chi connectivity index (χ3v) is 5.57. The second-order valence-electron chi connectivity index (χ2n) is 6.50. The number of rotatable bonds is 4. The number of ketones is 1. The molecule has 0 aromatic carbocycles. The molecule has 1 fully saturated rings. The van der Waals surface area contributed by atoms with Crippen LogP contribution in [-0.4, -0.2) is 38.9 Å². The second kappa shape index (κ2) is 6.21. The Morgan fingerprint density at radius 2 is 1.96 bits per heavy atom. The van der Waals surface area contributed by atoms with Crippen molar-refractivity contribution in [3.05, 3.63) is 23.3 Å². The molecule has 5 nitrogen and oxygen atoms in total. The lowest BCUT2D eigenvalue weighted by molar-refractivity contribution is -0.239. The van der Waals surface area contributed by atoms with Crippen LogP contribution >= 0.6 is 0 Å². The predicted octanol–water partition coefficient (Wildman–Crippen LogP) is 2.41. The molecular formula is C18H24O5. The van der Waals surface area contributed by atoms with Gasteiger partial charge < -0.3 is 14.2 Å². The highest BCUT2D eigenvalue weighted by Crippen LogP contribution is 2.52. The number of ether oxygens (including phenoxy) is 3. The number of esters is 1. The first kappa shape index (κ1) is 16.4. The molecule has 4 aliphatic carbocycles. The van der Waals surface area contributed by atoms with E-state index in [1.165, 1.54) is 33.3 Å². The maximum absolute atomic E-state index is 13.1. The zero-order chi connectivity index (χ0) is 16.6. The summed E-state index contributed by atoms with van der Waals surface area (Å²) in [6.07, 6.45) is 9.23. The molecule has 1 saturated carbocycles. The van der Waals surface area contributed by atoms with Crippen LogP contribution in [-0.2, 0) is 23.8 Å². The lowest BCUT2D eigenvalue weighted by Crippen LogP contribution is -2.61. The van der Waals surface area contributed by atoms with E-state index in [-0.39, 0.29) is 17.6 Å². The first-order chi connectivity index (χ1) is 11.1. The predicted molar refractivity (Wildman–Crippen MR) is 83.5 cm³/mol. The van der Waals surface area contributed by atoms with Crippen LogP contribution in [0.1, 0.15) is 32.1 Å². The van der Waals surface area contributed by atoms with E-state index in [2.05, 4.69) is 6.08 Å². The van der Waals surface area contributed by atoms with Crippen LogP contribution in [0.3, 0.4) is 0 Å². The Morgan fingerprint density at radius 1 is 1.22 bits per heavy atom. The number of fused-ring (bicyclic) bond motifs is 2. The molecule has 2 bridgehead atoms. The average molecular weight is 320 g/mol. The number of allylic oxidation sites excluding steroid dienone is 2. The fourth-order valence-electron chi connectivity index (χ4n) is 4.47. The van der Waals surface area contributed by atoms with E-state index >= 15 is 0 Å². The highest BCUT2D eigenvalue weighted by Gasteiger charge is 2.61. The fraction of sp³-hybridized carbons (Fsp3) is 0.667. The molecule has 4 rings (SSSR count). The van der Waals surface area contributed by atoms with E-state index in [1.54, 1.807) is 0 Å². The zero-order valence-electron chi connectivity index (χ0n) is 14.0. The second-order valence-corrected chi connectivity index (χ2v) is 6.50. The standard InChI is InChI=1S/C18H24O5/c1-21-17(20)14-10-12-9-13(11-7-5-4-6-8-11)15(14)16(19)18(12,22-2)23-3/h7,10,12-13,15H,4-6,8-9H2,1-3H3/t12-,13+,15+/m1/s1. The molecule has 23 heavy (non-hydrogen) atoms. The summed E-state index contributed by atoms with van der Waals surface area (Å²) in [6.45, 7) is 0. The minimum Gasteiger partial charge on any atom is -0.466 e. The molecule has 0 saturated heterocycles. The summed E-state index contributed by atoms with van der Waals surface area (Å²) in [5.41, 5.74) is 1.77. The van der Waals surface area contributed by atoms with Crippen LogP contribution in [0.2, 0.25) is 0 Å². The maximum atomic E-state index is 13.1. The van der Waals surface area contributed by atoms with Crippen LogP contribution in [0.15, 0.2) is 23.3 Å². The van der Waals surface area contributed by atoms with Gasteiger partial charge in [0.15, 0.2) is 0 Å². The molecule has 3 atom stereocenters. The van der Waals surface area contributed by atoms with Crippen LogP contribution in [0, 0.1) is 17.8 Å². The van der Waals surface area contributed by atoms with Crippen LogP contribution in [0.5, 0.6) is 0 Å². The van der Waals surface area contributed by atoms with Gasteiger partial charge in [-0.25, -0.2) is 4.79 Å². The molecular weight excluding hydrogens is 296 g/mol. The highest BCUT2D eigenvalue weighted by molar-refractivity contribution is 6.03. The van der Waals surface area contributed by atoms with Crippen molar-refractivity contribution in [3.8, 4) is 0 Å². The first-order valence-corrected chi connectivity index (χ1v) is 8.22. The number of carbonyl (C=O) groups excluding carboxylic acids is 2. The number of hydrogen-bond donors (Lipinski definition) is 0. The van der Waals surface area contributed by atoms with Gasteiger partial charge in [-0.05, 0) is 38.0 Å². The molecule has 0 radical (unpaired) electrons. The molecule has 0 spiro atoms. The molecule has 0 N–H and O–H groups in total. The Balaban J connectivity index is 2.04. The quantitative estimate of drug-likeness (QED) is 0.452. The first-order valence-electron chi connectivity index (χ1n) is 8.22. The third kappa shape index (κ3) is 2.37. The van der Waals surface area contributed by atoms with Crippen molar-refractivity contribution in [2.45, 2.75) is 37.9 Å². The van der Waals surface area contributed by atoms with Crippen molar-refractivity contribution in [2.75, 3.05) is 21.3 Å². The molecule has 5 heteroatoms. The molecule has 0 heterocycles. The highest BCUT2D eigenvalue weighted by atomic mass is 16.7. The summed E-state index contributed by atoms with van der Waals surface area (Å²) in [5.74, 6) is -2.58. The van der Waals surface area contributed by atoms with Crippen molar-refractivity contribution in [3.63, 3.8) is 0 Å². The van der Waals surface area contributed by atoms with Gasteiger partial charge in [-0.1, -0.05) is 17.7 Å². The Morgan fingerprint density at radius 3 is 2.48 bits per heavy atom. The summed E-state index contributed by atoms with van der Waals surface area (Å²) < 4.78 is 15.9. The minimum absolute atomic E-state index is 0.0605. The monoisotopic (exact) mass is 320 g/mol. The number of carbonyl (C=O) groups is 2. The summed E-state index contributed by atoms with van der Waals surface area (Å²) in [6, 6.07) is 0. The van der Waals surface area contributed by atoms with Crippen LogP contribution < -0.4 is 0 Å². The van der Waals surface area contributed by atoms with Crippen molar-refractivity contribution < 1.29 is 23.8 Å². The van der Waals surface area contributed by atoms with E-state index in [0.717, 1.165) is 25.7 Å². The SMILES string of the molecule is COC(=O)C1=C[C@H]2C[C@@H](C3=CCCCC3)[C@@H]1C(=O)C2(OC)OC. The van der Waals surface area contributed by atoms with Gasteiger partial charge in [-0.15, -0.1) is 0 Å². The molecule has 0 aromatic rings. The average Bonchev–Trinajstić information content (AvgIpc) is 2.62. The van der Waals surface area contributed by atoms with Gasteiger partial charge in [0.1, 0.15) is 0 Å². The van der Waals surface area contributed by atoms with Crippen LogP contribution in [0.25, 0.3) is 0 Å². The Hall–Kier alpha value is -1.46. The largest absolute Gasteiger partial charge is 0.466 e. The van der Waals surface area contributed by atoms with Gasteiger partial charge in [-0.3, -0.25) is 4.79 Å². The van der Waals surface area contributed by atoms with Crippen molar-refractivity contribution >= 4 is 11.8 Å². The zero-order valence-corrected chi connectivity index (χ0v) is 14.0. The van der Waals surface area contributed by atoms with Crippen molar-refractivity contribution in [2.24, 2.45) is 17.8 Å². The summed E-state index contributed by atoms with van der Waals surface area (Å²) in [5, 5.41) is 0. The summed E-state index contributed by atoms with van der Waals surface area (Å²) >= 11 is 0. The van der Waals surface area contributed by atoms with E-state index in [0.29, 0.717) is 5.57 Å². The normalized spacial score (nSPS) is 32.3. The van der Waals surface area contributed by atoms with Gasteiger partial charge >= 0.3 is 5.97 Å². The fourth-order valence-corrected chi connectivity index (χ4v) is 4.47. The maximum Gasteiger partial charge on any atom is 0.334 e. The van der Waals surface area contributed by atoms with Gasteiger partial charge in [0, 0.05) is 25.7 Å². The summed E-state index contributed by atoms with van der Waals surface area (Å²) in [7, 11) is 4.33. The summed E-state index contributed by atoms with van der Waals surface area (Å²) in [4.78, 5) is 25.3. The van der Waals surface area contributed by atoms with Crippen molar-refractivity contribution in [1.29, 1.82) is 0 Å². The van der Waals surface area contributed by atoms with E-state index < -0.39 is 17.7 Å². The molecule has 0 aromatic heterocycles. The smallest absolute Gasteiger partial charge is 0.334 e. The lowest BCUT2D eigenvalue weighted by Gasteiger charge is -2.50. The Kier molecular flexibility index (Phi) is 4.43. The molecule has 0 unspecified atom stereocenters. The Labute approximate surface area is 136 Å². The van der Waals surface area contributed by atoms with E-state index in [4.69, 9.17) is 14.2 Å². The minimum atomic E-state index is -1.27. The third-order valence-electron chi connectivity index (χ3n) is 5.57. The van der Waals surface area contributed by atoms with Crippen molar-refractivity contribution in [1.82, 2.24) is 0 Å². The Bertz CT molecular complexity index is 570. The number of Topliss-reactive ketones (excluding diaryl/α,β-unsaturated/α-hetero) is 1. The van der Waals surface area contributed by atoms with Gasteiger partial charge in [0.25, 0.3) is 0 Å². The van der Waals surface area contributed by atoms with E-state index in [9.17, 15) is 9.59 Å². The lowest BCUT2D eigenvalue weighted by atomic mass is 9.58. The van der Waals surface area contributed by atoms with Gasteiger partial charge in [0.05, 0.1) is 13.0 Å².